The summed E-state index contributed by atoms with van der Waals surface area (Å²) in [6.07, 6.45) is 1.44. The molecule has 0 bridgehead atoms. The molecule has 0 aromatic carbocycles. The van der Waals surface area contributed by atoms with E-state index in [0.29, 0.717) is 5.41 Å². The molecule has 1 fully saturated rings. The van der Waals surface area contributed by atoms with E-state index in [-0.39, 0.29) is 5.54 Å². The van der Waals surface area contributed by atoms with Crippen molar-refractivity contribution in [3.63, 3.8) is 0 Å². The molecule has 1 rings (SSSR count). The van der Waals surface area contributed by atoms with Crippen molar-refractivity contribution < 1.29 is 0 Å². The van der Waals surface area contributed by atoms with Crippen LogP contribution < -0.4 is 5.32 Å². The van der Waals surface area contributed by atoms with Gasteiger partial charge in [0, 0.05) is 25.2 Å². The monoisotopic (exact) mass is 240 g/mol. The Morgan fingerprint density at radius 1 is 1.18 bits per heavy atom. The molecule has 17 heavy (non-hydrogen) atoms. The van der Waals surface area contributed by atoms with Gasteiger partial charge in [0.2, 0.25) is 0 Å². The number of hydrogen-bond acceptors (Lipinski definition) is 2. The highest BCUT2D eigenvalue weighted by Crippen LogP contribution is 2.38. The highest BCUT2D eigenvalue weighted by Gasteiger charge is 2.34. The van der Waals surface area contributed by atoms with E-state index in [1.54, 1.807) is 0 Å². The average Bonchev–Trinajstić information content (AvgIpc) is 2.76. The fraction of sp³-hybridized carbons (Fsp3) is 1.00. The van der Waals surface area contributed by atoms with Crippen LogP contribution in [0, 0.1) is 17.3 Å². The molecule has 1 aliphatic rings. The molecule has 0 aliphatic heterocycles. The highest BCUT2D eigenvalue weighted by atomic mass is 15.1. The van der Waals surface area contributed by atoms with E-state index < -0.39 is 0 Å². The van der Waals surface area contributed by atoms with Crippen molar-refractivity contribution in [2.75, 3.05) is 26.7 Å². The predicted molar refractivity (Wildman–Crippen MR) is 76.3 cm³/mol. The first-order valence-corrected chi connectivity index (χ1v) is 7.03. The molecule has 0 heterocycles. The van der Waals surface area contributed by atoms with E-state index in [4.69, 9.17) is 0 Å². The minimum absolute atomic E-state index is 0.223. The van der Waals surface area contributed by atoms with Crippen LogP contribution in [0.3, 0.4) is 0 Å². The zero-order chi connectivity index (χ0) is 13.3. The Morgan fingerprint density at radius 3 is 2.12 bits per heavy atom. The van der Waals surface area contributed by atoms with Crippen LogP contribution in [0.1, 0.15) is 48.0 Å². The van der Waals surface area contributed by atoms with Crippen molar-refractivity contribution in [3.8, 4) is 0 Å². The number of nitrogens with zero attached hydrogens (tertiary/aromatic N) is 1. The Labute approximate surface area is 108 Å². The third kappa shape index (κ3) is 6.42. The van der Waals surface area contributed by atoms with Crippen molar-refractivity contribution >= 4 is 0 Å². The van der Waals surface area contributed by atoms with E-state index in [9.17, 15) is 0 Å². The molecule has 1 N–H and O–H groups in total. The fourth-order valence-corrected chi connectivity index (χ4v) is 2.41. The molecule has 2 nitrogen and oxygen atoms in total. The summed E-state index contributed by atoms with van der Waals surface area (Å²) in [7, 11) is 2.27. The lowest BCUT2D eigenvalue weighted by molar-refractivity contribution is 0.185. The number of hydrogen-bond donors (Lipinski definition) is 1. The number of nitrogens with one attached hydrogen (secondary N) is 1. The average molecular weight is 240 g/mol. The molecule has 0 radical (unpaired) electrons. The van der Waals surface area contributed by atoms with E-state index in [0.717, 1.165) is 18.4 Å². The lowest BCUT2D eigenvalue weighted by Gasteiger charge is -2.34. The summed E-state index contributed by atoms with van der Waals surface area (Å²) in [5.41, 5.74) is 0.570. The van der Waals surface area contributed by atoms with Gasteiger partial charge in [0.15, 0.2) is 0 Å². The maximum Gasteiger partial charge on any atom is 0.00967 e. The molecule has 2 heteroatoms. The standard InChI is InChI=1S/C15H32N2/c1-12-8-13(12)9-17(7)11-15(5,6)10-16-14(2,3)4/h12-13,16H,8-11H2,1-7H3. The summed E-state index contributed by atoms with van der Waals surface area (Å²) in [6, 6.07) is 0. The maximum absolute atomic E-state index is 3.62. The molecule has 2 atom stereocenters. The van der Waals surface area contributed by atoms with Crippen LogP contribution in [0.2, 0.25) is 0 Å². The van der Waals surface area contributed by atoms with Gasteiger partial charge in [-0.3, -0.25) is 0 Å². The molecule has 0 aromatic heterocycles. The van der Waals surface area contributed by atoms with Crippen molar-refractivity contribution in [2.45, 2.75) is 53.5 Å². The maximum atomic E-state index is 3.62. The number of rotatable bonds is 6. The first kappa shape index (κ1) is 15.0. The van der Waals surface area contributed by atoms with Gasteiger partial charge in [0.05, 0.1) is 0 Å². The van der Waals surface area contributed by atoms with Crippen molar-refractivity contribution in [3.05, 3.63) is 0 Å². The van der Waals surface area contributed by atoms with E-state index in [2.05, 4.69) is 58.8 Å². The molecule has 102 valence electrons. The molecule has 2 unspecified atom stereocenters. The van der Waals surface area contributed by atoms with Gasteiger partial charge in [-0.15, -0.1) is 0 Å². The van der Waals surface area contributed by atoms with E-state index >= 15 is 0 Å². The van der Waals surface area contributed by atoms with Gasteiger partial charge in [-0.05, 0) is 51.5 Å². The third-order valence-electron chi connectivity index (χ3n) is 3.62. The van der Waals surface area contributed by atoms with Crippen molar-refractivity contribution in [2.24, 2.45) is 17.3 Å². The van der Waals surface area contributed by atoms with Crippen LogP contribution in [0.25, 0.3) is 0 Å². The Morgan fingerprint density at radius 2 is 1.71 bits per heavy atom. The topological polar surface area (TPSA) is 15.3 Å². The lowest BCUT2D eigenvalue weighted by atomic mass is 9.91. The zero-order valence-electron chi connectivity index (χ0n) is 12.9. The minimum Gasteiger partial charge on any atom is -0.311 e. The van der Waals surface area contributed by atoms with Gasteiger partial charge >= 0.3 is 0 Å². The quantitative estimate of drug-likeness (QED) is 0.768. The molecule has 0 aromatic rings. The van der Waals surface area contributed by atoms with Crippen molar-refractivity contribution in [1.29, 1.82) is 0 Å². The molecule has 0 spiro atoms. The van der Waals surface area contributed by atoms with Crippen LogP contribution in [0.15, 0.2) is 0 Å². The predicted octanol–water partition coefficient (Wildman–Crippen LogP) is 2.99. The first-order valence-electron chi connectivity index (χ1n) is 7.03. The second kappa shape index (κ2) is 5.27. The van der Waals surface area contributed by atoms with Crippen LogP contribution in [-0.4, -0.2) is 37.1 Å². The van der Waals surface area contributed by atoms with E-state index in [1.807, 2.05) is 0 Å². The Bertz CT molecular complexity index is 240. The van der Waals surface area contributed by atoms with Crippen molar-refractivity contribution in [1.82, 2.24) is 10.2 Å². The highest BCUT2D eigenvalue weighted by molar-refractivity contribution is 4.86. The second-order valence-corrected chi connectivity index (χ2v) is 7.94. The van der Waals surface area contributed by atoms with Crippen LogP contribution >= 0.6 is 0 Å². The smallest absolute Gasteiger partial charge is 0.00967 e. The Balaban J connectivity index is 2.27. The van der Waals surface area contributed by atoms with E-state index in [1.165, 1.54) is 19.5 Å². The molecule has 0 amide bonds. The summed E-state index contributed by atoms with van der Waals surface area (Å²) in [4.78, 5) is 2.51. The SMILES string of the molecule is CC1CC1CN(C)CC(C)(C)CNC(C)(C)C. The largest absolute Gasteiger partial charge is 0.311 e. The second-order valence-electron chi connectivity index (χ2n) is 7.94. The third-order valence-corrected chi connectivity index (χ3v) is 3.62. The zero-order valence-corrected chi connectivity index (χ0v) is 12.9. The normalized spacial score (nSPS) is 25.4. The van der Waals surface area contributed by atoms with Gasteiger partial charge in [0.1, 0.15) is 0 Å². The van der Waals surface area contributed by atoms with Crippen LogP contribution in [0.5, 0.6) is 0 Å². The summed E-state index contributed by atoms with van der Waals surface area (Å²) in [5, 5.41) is 3.62. The van der Waals surface area contributed by atoms with Gasteiger partial charge in [0.25, 0.3) is 0 Å². The van der Waals surface area contributed by atoms with Gasteiger partial charge in [-0.2, -0.15) is 0 Å². The van der Waals surface area contributed by atoms with Gasteiger partial charge in [-0.1, -0.05) is 20.8 Å². The summed E-state index contributed by atoms with van der Waals surface area (Å²) in [6.45, 7) is 17.3. The molecule has 1 saturated carbocycles. The summed E-state index contributed by atoms with van der Waals surface area (Å²) in [5.74, 6) is 1.93. The summed E-state index contributed by atoms with van der Waals surface area (Å²) < 4.78 is 0. The Kier molecular flexibility index (Phi) is 4.65. The van der Waals surface area contributed by atoms with Crippen LogP contribution in [-0.2, 0) is 0 Å². The lowest BCUT2D eigenvalue weighted by Crippen LogP contribution is -2.46. The molecular weight excluding hydrogens is 208 g/mol. The van der Waals surface area contributed by atoms with Gasteiger partial charge in [-0.25, -0.2) is 0 Å². The Hall–Kier alpha value is -0.0800. The fourth-order valence-electron chi connectivity index (χ4n) is 2.41. The van der Waals surface area contributed by atoms with Crippen LogP contribution in [0.4, 0.5) is 0 Å². The summed E-state index contributed by atoms with van der Waals surface area (Å²) >= 11 is 0. The molecular formula is C15H32N2. The minimum atomic E-state index is 0.223. The first-order chi connectivity index (χ1) is 7.59. The molecule has 1 aliphatic carbocycles. The van der Waals surface area contributed by atoms with Gasteiger partial charge < -0.3 is 10.2 Å². The molecule has 0 saturated heterocycles.